The number of nitrogens with zero attached hydrogens (tertiary/aromatic N) is 1. The summed E-state index contributed by atoms with van der Waals surface area (Å²) in [6, 6.07) is 15.7. The molecule has 108 valence electrons. The summed E-state index contributed by atoms with van der Waals surface area (Å²) < 4.78 is 0. The normalized spacial score (nSPS) is 13.3. The lowest BCUT2D eigenvalue weighted by Crippen LogP contribution is -2.41. The lowest BCUT2D eigenvalue weighted by atomic mass is 10.0. The maximum atomic E-state index is 3.61. The largest absolute Gasteiger partial charge is 0.311 e. The first-order chi connectivity index (χ1) is 9.59. The monoisotopic (exact) mass is 270 g/mol. The third-order valence-corrected chi connectivity index (χ3v) is 3.98. The maximum absolute atomic E-state index is 3.61. The summed E-state index contributed by atoms with van der Waals surface area (Å²) in [5.74, 6) is 0.657. The molecule has 0 fully saturated rings. The minimum atomic E-state index is 0.574. The highest BCUT2D eigenvalue weighted by atomic mass is 15.1. The molecule has 2 aromatic carbocycles. The van der Waals surface area contributed by atoms with Crippen molar-refractivity contribution in [3.63, 3.8) is 0 Å². The molecule has 0 amide bonds. The van der Waals surface area contributed by atoms with E-state index in [9.17, 15) is 0 Å². The Kier molecular flexibility index (Phi) is 5.16. The third-order valence-electron chi connectivity index (χ3n) is 3.98. The Bertz CT molecular complexity index is 533. The smallest absolute Gasteiger partial charge is 0.0237 e. The van der Waals surface area contributed by atoms with Crippen molar-refractivity contribution in [3.05, 3.63) is 48.0 Å². The van der Waals surface area contributed by atoms with E-state index in [-0.39, 0.29) is 0 Å². The zero-order valence-electron chi connectivity index (χ0n) is 13.1. The average molecular weight is 270 g/mol. The highest BCUT2D eigenvalue weighted by Gasteiger charge is 2.14. The lowest BCUT2D eigenvalue weighted by molar-refractivity contribution is 0.224. The fourth-order valence-electron chi connectivity index (χ4n) is 2.82. The van der Waals surface area contributed by atoms with Crippen LogP contribution in [0.15, 0.2) is 42.5 Å². The highest BCUT2D eigenvalue weighted by Crippen LogP contribution is 2.18. The number of hydrogen-bond donors (Lipinski definition) is 1. The van der Waals surface area contributed by atoms with E-state index in [1.807, 2.05) is 0 Å². The fraction of sp³-hybridized carbons (Fsp3) is 0.444. The summed E-state index contributed by atoms with van der Waals surface area (Å²) in [6.45, 7) is 6.51. The van der Waals surface area contributed by atoms with Crippen molar-refractivity contribution in [3.8, 4) is 0 Å². The van der Waals surface area contributed by atoms with Gasteiger partial charge in [-0.2, -0.15) is 0 Å². The number of benzene rings is 2. The summed E-state index contributed by atoms with van der Waals surface area (Å²) in [6.07, 6.45) is 0. The minimum Gasteiger partial charge on any atom is -0.311 e. The standard InChI is InChI=1S/C18H26N2/c1-14(2)18(20(3)4)13-19-12-16-10-7-9-15-8-5-6-11-17(15)16/h5-11,14,18-19H,12-13H2,1-4H3. The van der Waals surface area contributed by atoms with Crippen molar-refractivity contribution in [2.45, 2.75) is 26.4 Å². The van der Waals surface area contributed by atoms with Crippen LogP contribution in [0, 0.1) is 5.92 Å². The van der Waals surface area contributed by atoms with Gasteiger partial charge in [-0.25, -0.2) is 0 Å². The molecular weight excluding hydrogens is 244 g/mol. The first kappa shape index (κ1) is 15.0. The molecule has 2 heteroatoms. The summed E-state index contributed by atoms with van der Waals surface area (Å²) in [7, 11) is 4.31. The molecule has 0 spiro atoms. The van der Waals surface area contributed by atoms with Crippen molar-refractivity contribution >= 4 is 10.8 Å². The number of fused-ring (bicyclic) bond motifs is 1. The van der Waals surface area contributed by atoms with Gasteiger partial charge >= 0.3 is 0 Å². The molecular formula is C18H26N2. The molecule has 1 unspecified atom stereocenters. The zero-order valence-corrected chi connectivity index (χ0v) is 13.1. The van der Waals surface area contributed by atoms with Crippen molar-refractivity contribution in [2.24, 2.45) is 5.92 Å². The van der Waals surface area contributed by atoms with Crippen molar-refractivity contribution in [1.82, 2.24) is 10.2 Å². The van der Waals surface area contributed by atoms with Crippen molar-refractivity contribution in [2.75, 3.05) is 20.6 Å². The number of rotatable bonds is 6. The highest BCUT2D eigenvalue weighted by molar-refractivity contribution is 5.85. The molecule has 0 aliphatic rings. The molecule has 0 aliphatic heterocycles. The van der Waals surface area contributed by atoms with Crippen LogP contribution in [0.25, 0.3) is 10.8 Å². The van der Waals surface area contributed by atoms with E-state index in [4.69, 9.17) is 0 Å². The Morgan fingerprint density at radius 2 is 1.70 bits per heavy atom. The van der Waals surface area contributed by atoms with Gasteiger partial charge in [0, 0.05) is 19.1 Å². The van der Waals surface area contributed by atoms with Gasteiger partial charge in [-0.3, -0.25) is 0 Å². The number of likely N-dealkylation sites (N-methyl/N-ethyl adjacent to an activating group) is 1. The molecule has 2 rings (SSSR count). The molecule has 1 N–H and O–H groups in total. The van der Waals surface area contributed by atoms with Crippen LogP contribution in [0.3, 0.4) is 0 Å². The molecule has 0 aliphatic carbocycles. The Morgan fingerprint density at radius 1 is 1.00 bits per heavy atom. The van der Waals surface area contributed by atoms with Gasteiger partial charge < -0.3 is 10.2 Å². The van der Waals surface area contributed by atoms with Crippen molar-refractivity contribution in [1.29, 1.82) is 0 Å². The van der Waals surface area contributed by atoms with Gasteiger partial charge in [0.1, 0.15) is 0 Å². The zero-order chi connectivity index (χ0) is 14.5. The van der Waals surface area contributed by atoms with E-state index in [0.717, 1.165) is 13.1 Å². The number of nitrogens with one attached hydrogen (secondary N) is 1. The first-order valence-corrected chi connectivity index (χ1v) is 7.43. The summed E-state index contributed by atoms with van der Waals surface area (Å²) in [5, 5.41) is 6.29. The lowest BCUT2D eigenvalue weighted by Gasteiger charge is -2.28. The molecule has 0 heterocycles. The maximum Gasteiger partial charge on any atom is 0.0237 e. The van der Waals surface area contributed by atoms with Crippen LogP contribution in [0.2, 0.25) is 0 Å². The van der Waals surface area contributed by atoms with E-state index in [1.54, 1.807) is 0 Å². The molecule has 0 saturated heterocycles. The van der Waals surface area contributed by atoms with Crippen LogP contribution in [0.5, 0.6) is 0 Å². The van der Waals surface area contributed by atoms with Gasteiger partial charge in [-0.15, -0.1) is 0 Å². The summed E-state index contributed by atoms with van der Waals surface area (Å²) >= 11 is 0. The van der Waals surface area contributed by atoms with E-state index < -0.39 is 0 Å². The topological polar surface area (TPSA) is 15.3 Å². The van der Waals surface area contributed by atoms with Crippen molar-refractivity contribution < 1.29 is 0 Å². The second-order valence-corrected chi connectivity index (χ2v) is 6.04. The van der Waals surface area contributed by atoms with Crippen LogP contribution < -0.4 is 5.32 Å². The molecule has 1 atom stereocenters. The van der Waals surface area contributed by atoms with Crippen LogP contribution in [-0.4, -0.2) is 31.6 Å². The fourth-order valence-corrected chi connectivity index (χ4v) is 2.82. The van der Waals surface area contributed by atoms with Gasteiger partial charge in [0.25, 0.3) is 0 Å². The molecule has 0 aromatic heterocycles. The van der Waals surface area contributed by atoms with Crippen LogP contribution >= 0.6 is 0 Å². The van der Waals surface area contributed by atoms with E-state index in [0.29, 0.717) is 12.0 Å². The summed E-state index contributed by atoms with van der Waals surface area (Å²) in [5.41, 5.74) is 1.38. The predicted molar refractivity (Wildman–Crippen MR) is 88.0 cm³/mol. The van der Waals surface area contributed by atoms with Crippen LogP contribution in [0.4, 0.5) is 0 Å². The molecule has 2 aromatic rings. The second kappa shape index (κ2) is 6.87. The SMILES string of the molecule is CC(C)C(CNCc1cccc2ccccc12)N(C)C. The van der Waals surface area contributed by atoms with Crippen LogP contribution in [0.1, 0.15) is 19.4 Å². The Balaban J connectivity index is 2.03. The van der Waals surface area contributed by atoms with Gasteiger partial charge in [-0.1, -0.05) is 56.3 Å². The third kappa shape index (κ3) is 3.59. The van der Waals surface area contributed by atoms with E-state index in [2.05, 4.69) is 80.6 Å². The van der Waals surface area contributed by atoms with Gasteiger partial charge in [0.2, 0.25) is 0 Å². The number of hydrogen-bond acceptors (Lipinski definition) is 2. The molecule has 0 saturated carbocycles. The van der Waals surface area contributed by atoms with Gasteiger partial charge in [0.05, 0.1) is 0 Å². The van der Waals surface area contributed by atoms with Crippen LogP contribution in [-0.2, 0) is 6.54 Å². The first-order valence-electron chi connectivity index (χ1n) is 7.43. The summed E-state index contributed by atoms with van der Waals surface area (Å²) in [4.78, 5) is 2.31. The Morgan fingerprint density at radius 3 is 2.40 bits per heavy atom. The van der Waals surface area contributed by atoms with Gasteiger partial charge in [-0.05, 0) is 36.3 Å². The quantitative estimate of drug-likeness (QED) is 0.864. The Hall–Kier alpha value is -1.38. The Labute approximate surface area is 122 Å². The molecule has 20 heavy (non-hydrogen) atoms. The van der Waals surface area contributed by atoms with E-state index >= 15 is 0 Å². The second-order valence-electron chi connectivity index (χ2n) is 6.04. The van der Waals surface area contributed by atoms with Gasteiger partial charge in [0.15, 0.2) is 0 Å². The average Bonchev–Trinajstić information content (AvgIpc) is 2.42. The molecule has 2 nitrogen and oxygen atoms in total. The predicted octanol–water partition coefficient (Wildman–Crippen LogP) is 3.52. The molecule has 0 bridgehead atoms. The molecule has 0 radical (unpaired) electrons. The van der Waals surface area contributed by atoms with E-state index in [1.165, 1.54) is 16.3 Å². The minimum absolute atomic E-state index is 0.574.